The molecule has 26 heavy (non-hydrogen) atoms. The molecule has 2 fully saturated rings. The molecule has 2 aliphatic rings. The van der Waals surface area contributed by atoms with E-state index < -0.39 is 0 Å². The lowest BCUT2D eigenvalue weighted by molar-refractivity contribution is -0.118. The maximum atomic E-state index is 12.3. The van der Waals surface area contributed by atoms with Crippen LogP contribution in [0.1, 0.15) is 42.7 Å². The molecule has 1 aliphatic heterocycles. The Morgan fingerprint density at radius 2 is 1.92 bits per heavy atom. The van der Waals surface area contributed by atoms with Gasteiger partial charge in [-0.05, 0) is 25.0 Å². The molecule has 0 atom stereocenters. The molecular formula is C19H24N4O3. The quantitative estimate of drug-likeness (QED) is 0.657. The Labute approximate surface area is 153 Å². The molecule has 7 heteroatoms. The van der Waals surface area contributed by atoms with E-state index in [1.54, 1.807) is 23.2 Å². The fraction of sp³-hybridized carbons (Fsp3) is 0.526. The summed E-state index contributed by atoms with van der Waals surface area (Å²) in [4.78, 5) is 28.2. The zero-order valence-corrected chi connectivity index (χ0v) is 14.8. The number of nitriles is 1. The molecular weight excluding hydrogens is 332 g/mol. The second-order valence-corrected chi connectivity index (χ2v) is 6.77. The number of amides is 2. The average Bonchev–Trinajstić information content (AvgIpc) is 3.21. The van der Waals surface area contributed by atoms with Gasteiger partial charge in [-0.3, -0.25) is 9.59 Å². The number of hydrogen-bond acceptors (Lipinski definition) is 5. The first-order valence-corrected chi connectivity index (χ1v) is 9.17. The Morgan fingerprint density at radius 1 is 1.19 bits per heavy atom. The summed E-state index contributed by atoms with van der Waals surface area (Å²) >= 11 is 0. The van der Waals surface area contributed by atoms with Gasteiger partial charge in [-0.2, -0.15) is 5.26 Å². The predicted molar refractivity (Wildman–Crippen MR) is 94.9 cm³/mol. The molecule has 1 saturated heterocycles. The minimum atomic E-state index is -0.298. The number of carbonyl (C=O) groups excluding carboxylic acids is 2. The number of piperazine rings is 1. The zero-order valence-electron chi connectivity index (χ0n) is 14.8. The number of nitrogens with one attached hydrogen (secondary N) is 1. The van der Waals surface area contributed by atoms with Crippen molar-refractivity contribution in [3.63, 3.8) is 0 Å². The summed E-state index contributed by atoms with van der Waals surface area (Å²) in [5.74, 6) is -0.0961. The van der Waals surface area contributed by atoms with Crippen molar-refractivity contribution in [2.45, 2.75) is 38.1 Å². The number of furan rings is 1. The van der Waals surface area contributed by atoms with Crippen LogP contribution in [0.25, 0.3) is 0 Å². The maximum absolute atomic E-state index is 12.3. The first kappa shape index (κ1) is 18.1. The number of rotatable bonds is 4. The van der Waals surface area contributed by atoms with Crippen molar-refractivity contribution >= 4 is 11.8 Å². The van der Waals surface area contributed by atoms with Crippen molar-refractivity contribution in [2.75, 3.05) is 26.2 Å². The lowest BCUT2D eigenvalue weighted by atomic mass is 9.95. The normalized spacial score (nSPS) is 19.1. The Balaban J connectivity index is 1.53. The molecule has 0 aromatic carbocycles. The summed E-state index contributed by atoms with van der Waals surface area (Å²) in [6.45, 7) is 2.21. The molecule has 0 bridgehead atoms. The van der Waals surface area contributed by atoms with E-state index in [9.17, 15) is 14.9 Å². The molecule has 2 heterocycles. The highest BCUT2D eigenvalue weighted by atomic mass is 16.3. The smallest absolute Gasteiger partial charge is 0.289 e. The predicted octanol–water partition coefficient (Wildman–Crippen LogP) is 1.89. The highest BCUT2D eigenvalue weighted by molar-refractivity contribution is 5.97. The van der Waals surface area contributed by atoms with Crippen molar-refractivity contribution in [1.29, 1.82) is 5.26 Å². The van der Waals surface area contributed by atoms with E-state index in [0.717, 1.165) is 25.7 Å². The molecule has 1 aromatic rings. The molecule has 1 aliphatic carbocycles. The Morgan fingerprint density at radius 3 is 2.54 bits per heavy atom. The van der Waals surface area contributed by atoms with Gasteiger partial charge < -0.3 is 19.5 Å². The van der Waals surface area contributed by atoms with Gasteiger partial charge in [-0.25, -0.2) is 0 Å². The third-order valence-electron chi connectivity index (χ3n) is 4.95. The summed E-state index contributed by atoms with van der Waals surface area (Å²) in [6, 6.07) is 5.53. The third kappa shape index (κ3) is 4.45. The van der Waals surface area contributed by atoms with Gasteiger partial charge in [0.15, 0.2) is 5.76 Å². The minimum absolute atomic E-state index is 0.126. The minimum Gasteiger partial charge on any atom is -0.459 e. The molecule has 0 spiro atoms. The fourth-order valence-electron chi connectivity index (χ4n) is 3.44. The molecule has 3 rings (SSSR count). The van der Waals surface area contributed by atoms with E-state index in [1.807, 2.05) is 11.0 Å². The second-order valence-electron chi connectivity index (χ2n) is 6.77. The largest absolute Gasteiger partial charge is 0.459 e. The van der Waals surface area contributed by atoms with Crippen LogP contribution in [0.15, 0.2) is 34.6 Å². The number of nitrogens with zero attached hydrogens (tertiary/aromatic N) is 3. The van der Waals surface area contributed by atoms with Gasteiger partial charge in [0.25, 0.3) is 11.8 Å². The summed E-state index contributed by atoms with van der Waals surface area (Å²) in [6.07, 6.45) is 8.54. The van der Waals surface area contributed by atoms with Gasteiger partial charge in [-0.15, -0.1) is 0 Å². The van der Waals surface area contributed by atoms with Gasteiger partial charge in [-0.1, -0.05) is 19.3 Å². The van der Waals surface area contributed by atoms with E-state index in [1.165, 1.54) is 12.7 Å². The number of carbonyl (C=O) groups is 2. The SMILES string of the molecule is N#C/C(=C/N1CCN(C(=O)c2ccco2)CC1)C(=O)NC1CCCCC1. The van der Waals surface area contributed by atoms with Crippen molar-refractivity contribution in [2.24, 2.45) is 0 Å². The molecule has 0 radical (unpaired) electrons. The van der Waals surface area contributed by atoms with Crippen LogP contribution in [-0.4, -0.2) is 53.8 Å². The van der Waals surface area contributed by atoms with Gasteiger partial charge >= 0.3 is 0 Å². The molecule has 0 unspecified atom stereocenters. The first-order valence-electron chi connectivity index (χ1n) is 9.17. The highest BCUT2D eigenvalue weighted by Crippen LogP contribution is 2.18. The average molecular weight is 356 g/mol. The van der Waals surface area contributed by atoms with Gasteiger partial charge in [0.05, 0.1) is 6.26 Å². The Kier molecular flexibility index (Phi) is 5.95. The van der Waals surface area contributed by atoms with Crippen LogP contribution in [-0.2, 0) is 4.79 Å². The van der Waals surface area contributed by atoms with Crippen LogP contribution < -0.4 is 5.32 Å². The van der Waals surface area contributed by atoms with Gasteiger partial charge in [0, 0.05) is 38.4 Å². The third-order valence-corrected chi connectivity index (χ3v) is 4.95. The van der Waals surface area contributed by atoms with Crippen LogP contribution in [0.5, 0.6) is 0 Å². The maximum Gasteiger partial charge on any atom is 0.289 e. The van der Waals surface area contributed by atoms with Crippen molar-refractivity contribution in [3.05, 3.63) is 35.9 Å². The van der Waals surface area contributed by atoms with Crippen LogP contribution in [0, 0.1) is 11.3 Å². The van der Waals surface area contributed by atoms with Crippen LogP contribution in [0.2, 0.25) is 0 Å². The Hall–Kier alpha value is -2.75. The van der Waals surface area contributed by atoms with E-state index >= 15 is 0 Å². The van der Waals surface area contributed by atoms with Gasteiger partial charge in [0.2, 0.25) is 0 Å². The molecule has 1 aromatic heterocycles. The monoisotopic (exact) mass is 356 g/mol. The first-order chi connectivity index (χ1) is 12.7. The van der Waals surface area contributed by atoms with Crippen molar-refractivity contribution in [3.8, 4) is 6.07 Å². The molecule has 2 amide bonds. The van der Waals surface area contributed by atoms with E-state index in [4.69, 9.17) is 4.42 Å². The fourth-order valence-corrected chi connectivity index (χ4v) is 3.44. The van der Waals surface area contributed by atoms with Crippen LogP contribution in [0.4, 0.5) is 0 Å². The lowest BCUT2D eigenvalue weighted by Crippen LogP contribution is -2.47. The number of hydrogen-bond donors (Lipinski definition) is 1. The lowest BCUT2D eigenvalue weighted by Gasteiger charge is -2.33. The van der Waals surface area contributed by atoms with Gasteiger partial charge in [0.1, 0.15) is 11.6 Å². The summed E-state index contributed by atoms with van der Waals surface area (Å²) < 4.78 is 5.15. The van der Waals surface area contributed by atoms with Crippen LogP contribution >= 0.6 is 0 Å². The van der Waals surface area contributed by atoms with Crippen molar-refractivity contribution in [1.82, 2.24) is 15.1 Å². The summed E-state index contributed by atoms with van der Waals surface area (Å²) in [5, 5.41) is 12.3. The zero-order chi connectivity index (χ0) is 18.4. The molecule has 7 nitrogen and oxygen atoms in total. The molecule has 138 valence electrons. The second kappa shape index (κ2) is 8.56. The standard InChI is InChI=1S/C19H24N4O3/c20-13-15(18(24)21-16-5-2-1-3-6-16)14-22-8-10-23(11-9-22)19(25)17-7-4-12-26-17/h4,7,12,14,16H,1-3,5-6,8-11H2,(H,21,24)/b15-14-. The van der Waals surface area contributed by atoms with Crippen molar-refractivity contribution < 1.29 is 14.0 Å². The summed E-state index contributed by atoms with van der Waals surface area (Å²) in [7, 11) is 0. The molecule has 1 N–H and O–H groups in total. The molecule has 1 saturated carbocycles. The summed E-state index contributed by atoms with van der Waals surface area (Å²) in [5.41, 5.74) is 0.126. The van der Waals surface area contributed by atoms with E-state index in [0.29, 0.717) is 31.9 Å². The highest BCUT2D eigenvalue weighted by Gasteiger charge is 2.24. The Bertz CT molecular complexity index is 691. The van der Waals surface area contributed by atoms with E-state index in [2.05, 4.69) is 5.32 Å². The van der Waals surface area contributed by atoms with Crippen LogP contribution in [0.3, 0.4) is 0 Å². The van der Waals surface area contributed by atoms with E-state index in [-0.39, 0.29) is 23.4 Å². The topological polar surface area (TPSA) is 89.6 Å².